The Morgan fingerprint density at radius 3 is 2.55 bits per heavy atom. The first-order valence-electron chi connectivity index (χ1n) is 6.61. The standard InChI is InChI=1S/C16H12ClN5/c17-14-8-6-12(7-9-14)10-18-21-16-20-15(11-19-22-16)13-4-2-1-3-5-13/h1-11H,(H,20,21,22)/b18-10-. The monoisotopic (exact) mass is 309 g/mol. The molecule has 0 aliphatic rings. The molecule has 0 fully saturated rings. The van der Waals surface area contributed by atoms with E-state index in [9.17, 15) is 0 Å². The largest absolute Gasteiger partial charge is 0.263 e. The van der Waals surface area contributed by atoms with E-state index in [0.29, 0.717) is 11.0 Å². The Kier molecular flexibility index (Phi) is 4.36. The molecule has 1 aromatic heterocycles. The number of hydrogen-bond donors (Lipinski definition) is 1. The zero-order valence-electron chi connectivity index (χ0n) is 11.5. The third kappa shape index (κ3) is 3.65. The second kappa shape index (κ2) is 6.78. The summed E-state index contributed by atoms with van der Waals surface area (Å²) in [6.45, 7) is 0. The van der Waals surface area contributed by atoms with Gasteiger partial charge in [-0.2, -0.15) is 10.2 Å². The Morgan fingerprint density at radius 1 is 1.00 bits per heavy atom. The fourth-order valence-electron chi connectivity index (χ4n) is 1.81. The molecule has 0 spiro atoms. The molecule has 1 N–H and O–H groups in total. The molecule has 6 heteroatoms. The van der Waals surface area contributed by atoms with Crippen molar-refractivity contribution in [2.45, 2.75) is 0 Å². The molecule has 0 aliphatic carbocycles. The summed E-state index contributed by atoms with van der Waals surface area (Å²) in [5, 5.41) is 12.6. The minimum absolute atomic E-state index is 0.339. The number of benzene rings is 2. The second-order valence-corrected chi connectivity index (χ2v) is 4.89. The maximum absolute atomic E-state index is 5.83. The van der Waals surface area contributed by atoms with E-state index in [0.717, 1.165) is 16.8 Å². The summed E-state index contributed by atoms with van der Waals surface area (Å²) in [5.74, 6) is 0.339. The Labute approximate surface area is 132 Å². The number of rotatable bonds is 4. The van der Waals surface area contributed by atoms with Gasteiger partial charge in [0.25, 0.3) is 5.95 Å². The van der Waals surface area contributed by atoms with Crippen molar-refractivity contribution in [3.8, 4) is 11.3 Å². The summed E-state index contributed by atoms with van der Waals surface area (Å²) < 4.78 is 0. The van der Waals surface area contributed by atoms with Crippen molar-refractivity contribution in [1.82, 2.24) is 15.2 Å². The highest BCUT2D eigenvalue weighted by molar-refractivity contribution is 6.30. The summed E-state index contributed by atoms with van der Waals surface area (Å²) in [6.07, 6.45) is 3.28. The van der Waals surface area contributed by atoms with E-state index in [4.69, 9.17) is 11.6 Å². The van der Waals surface area contributed by atoms with Crippen LogP contribution >= 0.6 is 11.6 Å². The van der Waals surface area contributed by atoms with Gasteiger partial charge in [-0.15, -0.1) is 5.10 Å². The molecule has 0 bridgehead atoms. The van der Waals surface area contributed by atoms with Gasteiger partial charge in [0.2, 0.25) is 0 Å². The van der Waals surface area contributed by atoms with Crippen LogP contribution in [0.2, 0.25) is 5.02 Å². The average Bonchev–Trinajstić information content (AvgIpc) is 2.58. The van der Waals surface area contributed by atoms with Crippen molar-refractivity contribution >= 4 is 23.8 Å². The first-order valence-corrected chi connectivity index (χ1v) is 6.99. The highest BCUT2D eigenvalue weighted by Gasteiger charge is 2.01. The van der Waals surface area contributed by atoms with Crippen LogP contribution in [0.25, 0.3) is 11.3 Å². The van der Waals surface area contributed by atoms with Gasteiger partial charge in [0, 0.05) is 10.6 Å². The van der Waals surface area contributed by atoms with Crippen molar-refractivity contribution in [2.75, 3.05) is 5.43 Å². The van der Waals surface area contributed by atoms with Crippen molar-refractivity contribution < 1.29 is 0 Å². The molecule has 2 aromatic carbocycles. The predicted molar refractivity (Wildman–Crippen MR) is 87.9 cm³/mol. The third-order valence-corrected chi connectivity index (χ3v) is 3.13. The molecule has 0 atom stereocenters. The number of hydrazone groups is 1. The molecule has 108 valence electrons. The van der Waals surface area contributed by atoms with Crippen molar-refractivity contribution in [3.05, 3.63) is 71.4 Å². The summed E-state index contributed by atoms with van der Waals surface area (Å²) in [4.78, 5) is 4.37. The van der Waals surface area contributed by atoms with Gasteiger partial charge in [-0.25, -0.2) is 10.4 Å². The summed E-state index contributed by atoms with van der Waals surface area (Å²) in [5.41, 5.74) is 5.40. The Balaban J connectivity index is 1.72. The fourth-order valence-corrected chi connectivity index (χ4v) is 1.94. The molecule has 0 amide bonds. The minimum Gasteiger partial charge on any atom is -0.244 e. The molecule has 0 radical (unpaired) electrons. The van der Waals surface area contributed by atoms with Crippen LogP contribution in [-0.4, -0.2) is 21.4 Å². The highest BCUT2D eigenvalue weighted by atomic mass is 35.5. The maximum Gasteiger partial charge on any atom is 0.263 e. The molecule has 0 saturated carbocycles. The van der Waals surface area contributed by atoms with E-state index in [1.165, 1.54) is 0 Å². The first-order chi connectivity index (χ1) is 10.8. The first kappa shape index (κ1) is 14.2. The smallest absolute Gasteiger partial charge is 0.244 e. The van der Waals surface area contributed by atoms with Crippen molar-refractivity contribution in [3.63, 3.8) is 0 Å². The van der Waals surface area contributed by atoms with Crippen LogP contribution in [0.15, 0.2) is 65.9 Å². The van der Waals surface area contributed by atoms with Gasteiger partial charge >= 0.3 is 0 Å². The van der Waals surface area contributed by atoms with Gasteiger partial charge in [-0.1, -0.05) is 54.1 Å². The van der Waals surface area contributed by atoms with Crippen molar-refractivity contribution in [1.29, 1.82) is 0 Å². The number of nitrogens with zero attached hydrogens (tertiary/aromatic N) is 4. The SMILES string of the molecule is Clc1ccc(/C=N\Nc2nncc(-c3ccccc3)n2)cc1. The van der Waals surface area contributed by atoms with Crippen LogP contribution in [0.5, 0.6) is 0 Å². The van der Waals surface area contributed by atoms with E-state index >= 15 is 0 Å². The molecule has 0 aliphatic heterocycles. The zero-order chi connectivity index (χ0) is 15.2. The van der Waals surface area contributed by atoms with Gasteiger partial charge in [0.05, 0.1) is 18.1 Å². The number of nitrogens with one attached hydrogen (secondary N) is 1. The molecule has 0 saturated heterocycles. The minimum atomic E-state index is 0.339. The van der Waals surface area contributed by atoms with Crippen LogP contribution in [0, 0.1) is 0 Å². The Morgan fingerprint density at radius 2 is 1.77 bits per heavy atom. The molecule has 22 heavy (non-hydrogen) atoms. The number of hydrogen-bond acceptors (Lipinski definition) is 5. The van der Waals surface area contributed by atoms with Gasteiger partial charge in [0.15, 0.2) is 0 Å². The highest BCUT2D eigenvalue weighted by Crippen LogP contribution is 2.15. The Bertz CT molecular complexity index is 772. The molecule has 1 heterocycles. The zero-order valence-corrected chi connectivity index (χ0v) is 12.3. The second-order valence-electron chi connectivity index (χ2n) is 4.45. The van der Waals surface area contributed by atoms with Gasteiger partial charge < -0.3 is 0 Å². The topological polar surface area (TPSA) is 63.1 Å². The van der Waals surface area contributed by atoms with Crippen molar-refractivity contribution in [2.24, 2.45) is 5.10 Å². The number of anilines is 1. The lowest BCUT2D eigenvalue weighted by molar-refractivity contribution is 0.967. The van der Waals surface area contributed by atoms with Crippen LogP contribution in [0.4, 0.5) is 5.95 Å². The van der Waals surface area contributed by atoms with Crippen LogP contribution in [-0.2, 0) is 0 Å². The molecule has 3 aromatic rings. The molecular formula is C16H12ClN5. The lowest BCUT2D eigenvalue weighted by Gasteiger charge is -2.01. The van der Waals surface area contributed by atoms with Crippen LogP contribution in [0.1, 0.15) is 5.56 Å². The van der Waals surface area contributed by atoms with E-state index in [-0.39, 0.29) is 0 Å². The maximum atomic E-state index is 5.83. The molecular weight excluding hydrogens is 298 g/mol. The number of aromatic nitrogens is 3. The summed E-state index contributed by atoms with van der Waals surface area (Å²) in [6, 6.07) is 17.1. The van der Waals surface area contributed by atoms with Gasteiger partial charge in [-0.05, 0) is 17.7 Å². The summed E-state index contributed by atoms with van der Waals surface area (Å²) >= 11 is 5.83. The fraction of sp³-hybridized carbons (Fsp3) is 0. The van der Waals surface area contributed by atoms with Crippen LogP contribution in [0.3, 0.4) is 0 Å². The van der Waals surface area contributed by atoms with E-state index < -0.39 is 0 Å². The predicted octanol–water partition coefficient (Wildman–Crippen LogP) is 3.64. The lowest BCUT2D eigenvalue weighted by atomic mass is 10.2. The van der Waals surface area contributed by atoms with Crippen LogP contribution < -0.4 is 5.43 Å². The van der Waals surface area contributed by atoms with E-state index in [1.807, 2.05) is 42.5 Å². The molecule has 0 unspecified atom stereocenters. The molecule has 3 rings (SSSR count). The third-order valence-electron chi connectivity index (χ3n) is 2.88. The summed E-state index contributed by atoms with van der Waals surface area (Å²) in [7, 11) is 0. The van der Waals surface area contributed by atoms with Gasteiger partial charge in [0.1, 0.15) is 0 Å². The normalized spacial score (nSPS) is 10.8. The van der Waals surface area contributed by atoms with E-state index in [1.54, 1.807) is 24.5 Å². The number of halogens is 1. The Hall–Kier alpha value is -2.79. The van der Waals surface area contributed by atoms with E-state index in [2.05, 4.69) is 25.7 Å². The molecule has 5 nitrogen and oxygen atoms in total. The quantitative estimate of drug-likeness (QED) is 0.590. The lowest BCUT2D eigenvalue weighted by Crippen LogP contribution is -1.99. The average molecular weight is 310 g/mol. The van der Waals surface area contributed by atoms with Gasteiger partial charge in [-0.3, -0.25) is 0 Å².